The van der Waals surface area contributed by atoms with Gasteiger partial charge in [-0.2, -0.15) is 0 Å². The molecule has 6 nitrogen and oxygen atoms in total. The molecule has 126 valence electrons. The van der Waals surface area contributed by atoms with Crippen molar-refractivity contribution in [2.24, 2.45) is 5.92 Å². The minimum Gasteiger partial charge on any atom is -0.360 e. The summed E-state index contributed by atoms with van der Waals surface area (Å²) in [6.45, 7) is 1.70. The number of aromatic nitrogens is 1. The highest BCUT2D eigenvalue weighted by Crippen LogP contribution is 2.37. The second kappa shape index (κ2) is 7.05. The first-order valence-corrected chi connectivity index (χ1v) is 8.21. The number of rotatable bonds is 4. The van der Waals surface area contributed by atoms with Crippen LogP contribution in [0.5, 0.6) is 0 Å². The lowest BCUT2D eigenvalue weighted by atomic mass is 9.77. The van der Waals surface area contributed by atoms with Crippen molar-refractivity contribution in [3.8, 4) is 0 Å². The standard InChI is InChI=1S/C17H18ClN3O3/c1-10-9-14(21-24-10)19-16(22)17(23)20-15(11-3-2-4-11)12-5-7-13(18)8-6-12/h5-9,11,15H,2-4H2,1H3,(H,20,23)(H,19,21,22)/t15-/m0/s1. The van der Waals surface area contributed by atoms with E-state index in [1.807, 2.05) is 12.1 Å². The number of aryl methyl sites for hydroxylation is 1. The molecule has 1 saturated carbocycles. The van der Waals surface area contributed by atoms with Gasteiger partial charge in [0.05, 0.1) is 6.04 Å². The van der Waals surface area contributed by atoms with E-state index in [0.717, 1.165) is 24.8 Å². The summed E-state index contributed by atoms with van der Waals surface area (Å²) >= 11 is 5.92. The van der Waals surface area contributed by atoms with E-state index in [9.17, 15) is 9.59 Å². The first kappa shape index (κ1) is 16.5. The van der Waals surface area contributed by atoms with E-state index in [0.29, 0.717) is 16.7 Å². The predicted octanol–water partition coefficient (Wildman–Crippen LogP) is 3.23. The highest BCUT2D eigenvalue weighted by atomic mass is 35.5. The van der Waals surface area contributed by atoms with E-state index in [1.165, 1.54) is 0 Å². The number of hydrogen-bond donors (Lipinski definition) is 2. The number of benzene rings is 1. The molecule has 1 fully saturated rings. The third-order valence-corrected chi connectivity index (χ3v) is 4.46. The molecular weight excluding hydrogens is 330 g/mol. The van der Waals surface area contributed by atoms with Gasteiger partial charge in [0.15, 0.2) is 5.82 Å². The topological polar surface area (TPSA) is 84.2 Å². The number of hydrogen-bond acceptors (Lipinski definition) is 4. The Morgan fingerprint density at radius 1 is 1.25 bits per heavy atom. The molecule has 1 aliphatic rings. The SMILES string of the molecule is Cc1cc(NC(=O)C(=O)N[C@H](c2ccc(Cl)cc2)C2CCC2)no1. The van der Waals surface area contributed by atoms with Crippen LogP contribution in [0.2, 0.25) is 5.02 Å². The van der Waals surface area contributed by atoms with Gasteiger partial charge in [-0.3, -0.25) is 14.9 Å². The maximum atomic E-state index is 12.2. The fourth-order valence-electron chi connectivity index (χ4n) is 2.72. The smallest absolute Gasteiger partial charge is 0.314 e. The van der Waals surface area contributed by atoms with Gasteiger partial charge in [0.25, 0.3) is 0 Å². The largest absolute Gasteiger partial charge is 0.360 e. The summed E-state index contributed by atoms with van der Waals surface area (Å²) in [4.78, 5) is 24.3. The molecule has 1 aliphatic carbocycles. The quantitative estimate of drug-likeness (QED) is 0.831. The summed E-state index contributed by atoms with van der Waals surface area (Å²) in [5, 5.41) is 9.54. The fourth-order valence-corrected chi connectivity index (χ4v) is 2.85. The van der Waals surface area contributed by atoms with Gasteiger partial charge >= 0.3 is 11.8 Å². The van der Waals surface area contributed by atoms with Crippen molar-refractivity contribution in [3.63, 3.8) is 0 Å². The first-order valence-electron chi connectivity index (χ1n) is 7.83. The zero-order valence-electron chi connectivity index (χ0n) is 13.2. The van der Waals surface area contributed by atoms with Crippen molar-refractivity contribution in [2.75, 3.05) is 5.32 Å². The van der Waals surface area contributed by atoms with Crippen LogP contribution in [0.1, 0.15) is 36.6 Å². The first-order chi connectivity index (χ1) is 11.5. The Balaban J connectivity index is 1.68. The number of amides is 2. The zero-order valence-corrected chi connectivity index (χ0v) is 14.0. The maximum Gasteiger partial charge on any atom is 0.314 e. The van der Waals surface area contributed by atoms with Crippen molar-refractivity contribution >= 4 is 29.2 Å². The normalized spacial score (nSPS) is 15.4. The molecule has 2 amide bonds. The van der Waals surface area contributed by atoms with Crippen LogP contribution in [-0.2, 0) is 9.59 Å². The van der Waals surface area contributed by atoms with Crippen molar-refractivity contribution in [3.05, 3.63) is 46.7 Å². The second-order valence-electron chi connectivity index (χ2n) is 5.97. The van der Waals surface area contributed by atoms with Crippen molar-refractivity contribution in [2.45, 2.75) is 32.2 Å². The van der Waals surface area contributed by atoms with E-state index in [4.69, 9.17) is 16.1 Å². The Morgan fingerprint density at radius 2 is 1.96 bits per heavy atom. The number of halogens is 1. The van der Waals surface area contributed by atoms with Gasteiger partial charge in [0, 0.05) is 11.1 Å². The Kier molecular flexibility index (Phi) is 4.85. The highest BCUT2D eigenvalue weighted by Gasteiger charge is 2.31. The molecule has 1 heterocycles. The van der Waals surface area contributed by atoms with Gasteiger partial charge in [-0.05, 0) is 43.4 Å². The van der Waals surface area contributed by atoms with Gasteiger partial charge in [-0.25, -0.2) is 0 Å². The lowest BCUT2D eigenvalue weighted by molar-refractivity contribution is -0.137. The molecule has 1 atom stereocenters. The Bertz CT molecular complexity index is 738. The van der Waals surface area contributed by atoms with Crippen LogP contribution >= 0.6 is 11.6 Å². The fraction of sp³-hybridized carbons (Fsp3) is 0.353. The molecular formula is C17H18ClN3O3. The molecule has 0 aliphatic heterocycles. The summed E-state index contributed by atoms with van der Waals surface area (Å²) in [7, 11) is 0. The Morgan fingerprint density at radius 3 is 2.50 bits per heavy atom. The van der Waals surface area contributed by atoms with Crippen LogP contribution in [0.15, 0.2) is 34.9 Å². The summed E-state index contributed by atoms with van der Waals surface area (Å²) in [5.41, 5.74) is 0.947. The molecule has 0 spiro atoms. The minimum atomic E-state index is -0.762. The molecule has 0 radical (unpaired) electrons. The van der Waals surface area contributed by atoms with Gasteiger partial charge in [0.2, 0.25) is 0 Å². The number of nitrogens with one attached hydrogen (secondary N) is 2. The summed E-state index contributed by atoms with van der Waals surface area (Å²) in [6.07, 6.45) is 3.18. The van der Waals surface area contributed by atoms with Crippen molar-refractivity contribution in [1.82, 2.24) is 10.5 Å². The van der Waals surface area contributed by atoms with Gasteiger partial charge < -0.3 is 9.84 Å². The Labute approximate surface area is 144 Å². The van der Waals surface area contributed by atoms with E-state index in [1.54, 1.807) is 25.1 Å². The van der Waals surface area contributed by atoms with Crippen molar-refractivity contribution in [1.29, 1.82) is 0 Å². The monoisotopic (exact) mass is 347 g/mol. The van der Waals surface area contributed by atoms with Crippen LogP contribution in [0.25, 0.3) is 0 Å². The van der Waals surface area contributed by atoms with Crippen LogP contribution in [0, 0.1) is 12.8 Å². The van der Waals surface area contributed by atoms with Gasteiger partial charge in [-0.1, -0.05) is 35.3 Å². The second-order valence-corrected chi connectivity index (χ2v) is 6.41. The van der Waals surface area contributed by atoms with Crippen LogP contribution < -0.4 is 10.6 Å². The highest BCUT2D eigenvalue weighted by molar-refractivity contribution is 6.39. The molecule has 3 rings (SSSR count). The van der Waals surface area contributed by atoms with Crippen LogP contribution in [0.3, 0.4) is 0 Å². The summed E-state index contributed by atoms with van der Waals surface area (Å²) in [6, 6.07) is 8.68. The van der Waals surface area contributed by atoms with E-state index in [-0.39, 0.29) is 11.9 Å². The van der Waals surface area contributed by atoms with Crippen molar-refractivity contribution < 1.29 is 14.1 Å². The third-order valence-electron chi connectivity index (χ3n) is 4.21. The van der Waals surface area contributed by atoms with E-state index >= 15 is 0 Å². The Hall–Kier alpha value is -2.34. The summed E-state index contributed by atoms with van der Waals surface area (Å²) < 4.78 is 4.86. The average molecular weight is 348 g/mol. The lowest BCUT2D eigenvalue weighted by Crippen LogP contribution is -2.41. The lowest BCUT2D eigenvalue weighted by Gasteiger charge is -2.34. The van der Waals surface area contributed by atoms with E-state index in [2.05, 4.69) is 15.8 Å². The molecule has 24 heavy (non-hydrogen) atoms. The van der Waals surface area contributed by atoms with Gasteiger partial charge in [0.1, 0.15) is 5.76 Å². The molecule has 2 aromatic rings. The number of nitrogens with zero attached hydrogens (tertiary/aromatic N) is 1. The summed E-state index contributed by atoms with van der Waals surface area (Å²) in [5.74, 6) is -0.347. The molecule has 1 aromatic carbocycles. The molecule has 1 aromatic heterocycles. The zero-order chi connectivity index (χ0) is 17.1. The average Bonchev–Trinajstić information content (AvgIpc) is 2.90. The molecule has 2 N–H and O–H groups in total. The van der Waals surface area contributed by atoms with E-state index < -0.39 is 11.8 Å². The molecule has 0 unspecified atom stereocenters. The van der Waals surface area contributed by atoms with Crippen LogP contribution in [-0.4, -0.2) is 17.0 Å². The molecule has 7 heteroatoms. The predicted molar refractivity (Wildman–Crippen MR) is 89.5 cm³/mol. The maximum absolute atomic E-state index is 12.2. The minimum absolute atomic E-state index is 0.201. The molecule has 0 bridgehead atoms. The molecule has 0 saturated heterocycles. The number of anilines is 1. The number of carbonyl (C=O) groups excluding carboxylic acids is 2. The van der Waals surface area contributed by atoms with Gasteiger partial charge in [-0.15, -0.1) is 0 Å². The third kappa shape index (κ3) is 3.76. The number of carbonyl (C=O) groups is 2. The van der Waals surface area contributed by atoms with Crippen LogP contribution in [0.4, 0.5) is 5.82 Å².